The van der Waals surface area contributed by atoms with E-state index in [-0.39, 0.29) is 5.91 Å². The van der Waals surface area contributed by atoms with E-state index in [9.17, 15) is 4.79 Å². The van der Waals surface area contributed by atoms with Crippen LogP contribution in [0.3, 0.4) is 0 Å². The molecule has 1 aliphatic rings. The smallest absolute Gasteiger partial charge is 0.259 e. The minimum Gasteiger partial charge on any atom is -0.497 e. The molecule has 3 aromatic rings. The largest absolute Gasteiger partial charge is 0.497 e. The molecule has 0 radical (unpaired) electrons. The van der Waals surface area contributed by atoms with Crippen molar-refractivity contribution < 1.29 is 14.3 Å². The van der Waals surface area contributed by atoms with E-state index in [1.165, 1.54) is 20.0 Å². The molecule has 1 N–H and O–H groups in total. The van der Waals surface area contributed by atoms with Gasteiger partial charge in [-0.25, -0.2) is 4.98 Å². The number of aromatic nitrogens is 2. The van der Waals surface area contributed by atoms with Gasteiger partial charge in [0, 0.05) is 36.5 Å². The van der Waals surface area contributed by atoms with Gasteiger partial charge in [0.15, 0.2) is 0 Å². The fourth-order valence-corrected chi connectivity index (χ4v) is 3.46. The van der Waals surface area contributed by atoms with Crippen molar-refractivity contribution in [3.8, 4) is 22.8 Å². The predicted molar refractivity (Wildman–Crippen MR) is 108 cm³/mol. The van der Waals surface area contributed by atoms with Crippen LogP contribution < -0.4 is 14.8 Å². The molecule has 0 unspecified atom stereocenters. The molecule has 0 atom stereocenters. The predicted octanol–water partition coefficient (Wildman–Crippen LogP) is 4.16. The van der Waals surface area contributed by atoms with Gasteiger partial charge in [0.2, 0.25) is 0 Å². The third kappa shape index (κ3) is 3.58. The lowest BCUT2D eigenvalue weighted by atomic mass is 10.1. The van der Waals surface area contributed by atoms with Crippen LogP contribution in [-0.2, 0) is 13.0 Å². The maximum absolute atomic E-state index is 12.6. The van der Waals surface area contributed by atoms with E-state index in [1.807, 2.05) is 24.3 Å². The number of fused-ring (bicyclic) bond motifs is 1. The third-order valence-electron chi connectivity index (χ3n) is 5.00. The molecule has 6 nitrogen and oxygen atoms in total. The Kier molecular flexibility index (Phi) is 5.02. The van der Waals surface area contributed by atoms with Crippen LogP contribution in [0.15, 0.2) is 48.7 Å². The molecule has 0 fully saturated rings. The first-order chi connectivity index (χ1) is 13.7. The number of amides is 1. The number of nitrogens with zero attached hydrogens (tertiary/aromatic N) is 2. The van der Waals surface area contributed by atoms with Crippen LogP contribution in [0.5, 0.6) is 11.5 Å². The Labute approximate surface area is 164 Å². The summed E-state index contributed by atoms with van der Waals surface area (Å²) in [7, 11) is 3.11. The van der Waals surface area contributed by atoms with Crippen LogP contribution in [-0.4, -0.2) is 29.7 Å². The molecule has 1 amide bonds. The summed E-state index contributed by atoms with van der Waals surface area (Å²) in [5, 5.41) is 2.91. The van der Waals surface area contributed by atoms with Crippen molar-refractivity contribution in [1.29, 1.82) is 0 Å². The molecule has 0 saturated carbocycles. The highest BCUT2D eigenvalue weighted by Gasteiger charge is 2.15. The lowest BCUT2D eigenvalue weighted by Crippen LogP contribution is -2.13. The SMILES string of the molecule is COc1ccc(C(=O)Nc2ccc(-c3cn4c(n3)CCCC4)cc2)c(OC)c1. The van der Waals surface area contributed by atoms with Crippen molar-refractivity contribution >= 4 is 11.6 Å². The zero-order valence-corrected chi connectivity index (χ0v) is 16.1. The van der Waals surface area contributed by atoms with Gasteiger partial charge in [-0.05, 0) is 37.1 Å². The number of nitrogens with one attached hydrogen (secondary N) is 1. The number of ether oxygens (including phenoxy) is 2. The van der Waals surface area contributed by atoms with Gasteiger partial charge in [0.1, 0.15) is 17.3 Å². The summed E-state index contributed by atoms with van der Waals surface area (Å²) in [5.74, 6) is 2.03. The summed E-state index contributed by atoms with van der Waals surface area (Å²) >= 11 is 0. The Morgan fingerprint density at radius 1 is 1.07 bits per heavy atom. The molecular weight excluding hydrogens is 354 g/mol. The van der Waals surface area contributed by atoms with Crippen molar-refractivity contribution in [2.45, 2.75) is 25.8 Å². The van der Waals surface area contributed by atoms with Gasteiger partial charge in [-0.1, -0.05) is 12.1 Å². The monoisotopic (exact) mass is 377 g/mol. The van der Waals surface area contributed by atoms with Crippen LogP contribution in [0, 0.1) is 0 Å². The van der Waals surface area contributed by atoms with Gasteiger partial charge in [0.25, 0.3) is 5.91 Å². The summed E-state index contributed by atoms with van der Waals surface area (Å²) in [5.41, 5.74) is 3.19. The minimum absolute atomic E-state index is 0.232. The molecular formula is C22H23N3O3. The Balaban J connectivity index is 1.50. The maximum atomic E-state index is 12.6. The zero-order valence-electron chi connectivity index (χ0n) is 16.1. The number of benzene rings is 2. The van der Waals surface area contributed by atoms with E-state index in [4.69, 9.17) is 14.5 Å². The van der Waals surface area contributed by atoms with Crippen LogP contribution in [0.2, 0.25) is 0 Å². The molecule has 0 bridgehead atoms. The summed E-state index contributed by atoms with van der Waals surface area (Å²) in [6.07, 6.45) is 5.57. The summed E-state index contributed by atoms with van der Waals surface area (Å²) in [6, 6.07) is 12.9. The summed E-state index contributed by atoms with van der Waals surface area (Å²) in [4.78, 5) is 17.4. The van der Waals surface area contributed by atoms with E-state index >= 15 is 0 Å². The maximum Gasteiger partial charge on any atom is 0.259 e. The topological polar surface area (TPSA) is 65.4 Å². The second-order valence-corrected chi connectivity index (χ2v) is 6.79. The number of imidazole rings is 1. The van der Waals surface area contributed by atoms with E-state index in [1.54, 1.807) is 25.3 Å². The standard InChI is InChI=1S/C22H23N3O3/c1-27-17-10-11-18(20(13-17)28-2)22(26)23-16-8-6-15(7-9-16)19-14-25-12-4-3-5-21(25)24-19/h6-11,13-14H,3-5,12H2,1-2H3,(H,23,26). The van der Waals surface area contributed by atoms with Crippen LogP contribution in [0.4, 0.5) is 5.69 Å². The van der Waals surface area contributed by atoms with E-state index < -0.39 is 0 Å². The number of carbonyl (C=O) groups is 1. The van der Waals surface area contributed by atoms with Gasteiger partial charge >= 0.3 is 0 Å². The molecule has 144 valence electrons. The molecule has 1 aromatic heterocycles. The van der Waals surface area contributed by atoms with E-state index in [0.717, 1.165) is 35.7 Å². The highest BCUT2D eigenvalue weighted by atomic mass is 16.5. The van der Waals surface area contributed by atoms with Gasteiger partial charge in [-0.3, -0.25) is 4.79 Å². The van der Waals surface area contributed by atoms with Gasteiger partial charge < -0.3 is 19.4 Å². The summed E-state index contributed by atoms with van der Waals surface area (Å²) in [6.45, 7) is 1.04. The average Bonchev–Trinajstić information content (AvgIpc) is 3.18. The number of aryl methyl sites for hydroxylation is 2. The number of methoxy groups -OCH3 is 2. The van der Waals surface area contributed by atoms with Crippen LogP contribution in [0.1, 0.15) is 29.0 Å². The number of rotatable bonds is 5. The van der Waals surface area contributed by atoms with Gasteiger partial charge in [-0.2, -0.15) is 0 Å². The molecule has 0 spiro atoms. The summed E-state index contributed by atoms with van der Waals surface area (Å²) < 4.78 is 12.7. The van der Waals surface area contributed by atoms with Crippen LogP contribution >= 0.6 is 0 Å². The Morgan fingerprint density at radius 2 is 1.89 bits per heavy atom. The Bertz CT molecular complexity index is 969. The van der Waals surface area contributed by atoms with Crippen LogP contribution in [0.25, 0.3) is 11.3 Å². The fourth-order valence-electron chi connectivity index (χ4n) is 3.46. The molecule has 28 heavy (non-hydrogen) atoms. The van der Waals surface area contributed by atoms with Crippen molar-refractivity contribution in [1.82, 2.24) is 9.55 Å². The normalized spacial score (nSPS) is 12.9. The zero-order chi connectivity index (χ0) is 19.5. The number of carbonyl (C=O) groups excluding carboxylic acids is 1. The quantitative estimate of drug-likeness (QED) is 0.725. The first-order valence-corrected chi connectivity index (χ1v) is 9.38. The Hall–Kier alpha value is -3.28. The van der Waals surface area contributed by atoms with Crippen molar-refractivity contribution in [3.05, 3.63) is 60.0 Å². The number of anilines is 1. The second-order valence-electron chi connectivity index (χ2n) is 6.79. The number of hydrogen-bond acceptors (Lipinski definition) is 4. The molecule has 0 aliphatic carbocycles. The number of hydrogen-bond donors (Lipinski definition) is 1. The lowest BCUT2D eigenvalue weighted by Gasteiger charge is -2.11. The van der Waals surface area contributed by atoms with Crippen molar-refractivity contribution in [3.63, 3.8) is 0 Å². The van der Waals surface area contributed by atoms with Crippen molar-refractivity contribution in [2.75, 3.05) is 19.5 Å². The Morgan fingerprint density at radius 3 is 2.61 bits per heavy atom. The molecule has 0 saturated heterocycles. The average molecular weight is 377 g/mol. The second kappa shape index (κ2) is 7.76. The molecule has 2 heterocycles. The van der Waals surface area contributed by atoms with Gasteiger partial charge in [0.05, 0.1) is 25.5 Å². The lowest BCUT2D eigenvalue weighted by molar-refractivity contribution is 0.102. The molecule has 2 aromatic carbocycles. The highest BCUT2D eigenvalue weighted by molar-refractivity contribution is 6.06. The highest BCUT2D eigenvalue weighted by Crippen LogP contribution is 2.27. The molecule has 6 heteroatoms. The third-order valence-corrected chi connectivity index (χ3v) is 5.00. The first-order valence-electron chi connectivity index (χ1n) is 9.38. The molecule has 4 rings (SSSR count). The minimum atomic E-state index is -0.232. The molecule has 1 aliphatic heterocycles. The van der Waals surface area contributed by atoms with E-state index in [0.29, 0.717) is 17.1 Å². The van der Waals surface area contributed by atoms with Crippen molar-refractivity contribution in [2.24, 2.45) is 0 Å². The van der Waals surface area contributed by atoms with Gasteiger partial charge in [-0.15, -0.1) is 0 Å². The fraction of sp³-hybridized carbons (Fsp3) is 0.273. The first kappa shape index (κ1) is 18.1. The van der Waals surface area contributed by atoms with E-state index in [2.05, 4.69) is 16.1 Å².